The quantitative estimate of drug-likeness (QED) is 0.754. The van der Waals surface area contributed by atoms with Crippen molar-refractivity contribution in [2.45, 2.75) is 37.3 Å². The van der Waals surface area contributed by atoms with Gasteiger partial charge in [-0.15, -0.1) is 11.8 Å². The Kier molecular flexibility index (Phi) is 5.67. The zero-order valence-corrected chi connectivity index (χ0v) is 16.1. The van der Waals surface area contributed by atoms with Crippen molar-refractivity contribution < 1.29 is 14.3 Å². The lowest BCUT2D eigenvalue weighted by atomic mass is 10.1. The second kappa shape index (κ2) is 7.96. The van der Waals surface area contributed by atoms with Crippen molar-refractivity contribution in [2.75, 3.05) is 18.1 Å². The van der Waals surface area contributed by atoms with Gasteiger partial charge in [-0.3, -0.25) is 4.79 Å². The summed E-state index contributed by atoms with van der Waals surface area (Å²) in [6.07, 6.45) is 0.899. The molecule has 0 unspecified atom stereocenters. The Labute approximate surface area is 158 Å². The number of hydrogen-bond donors (Lipinski definition) is 0. The minimum atomic E-state index is -0.462. The molecule has 0 saturated carbocycles. The number of hydrogen-bond acceptors (Lipinski definition) is 4. The summed E-state index contributed by atoms with van der Waals surface area (Å²) in [5.74, 6) is -0.652. The van der Waals surface area contributed by atoms with E-state index < -0.39 is 5.97 Å². The van der Waals surface area contributed by atoms with Crippen molar-refractivity contribution in [3.05, 3.63) is 59.2 Å². The van der Waals surface area contributed by atoms with E-state index in [-0.39, 0.29) is 12.5 Å². The van der Waals surface area contributed by atoms with E-state index in [4.69, 9.17) is 4.74 Å². The maximum Gasteiger partial charge on any atom is 0.338 e. The van der Waals surface area contributed by atoms with E-state index in [2.05, 4.69) is 6.92 Å². The lowest BCUT2D eigenvalue weighted by Crippen LogP contribution is -2.35. The number of anilines is 1. The minimum absolute atomic E-state index is 0.190. The summed E-state index contributed by atoms with van der Waals surface area (Å²) in [5, 5.41) is 0.437. The minimum Gasteiger partial charge on any atom is -0.452 e. The van der Waals surface area contributed by atoms with Crippen molar-refractivity contribution in [3.8, 4) is 0 Å². The molecule has 2 aromatic carbocycles. The van der Waals surface area contributed by atoms with E-state index in [0.29, 0.717) is 17.4 Å². The van der Waals surface area contributed by atoms with E-state index in [0.717, 1.165) is 28.1 Å². The molecule has 0 saturated heterocycles. The second-order valence-electron chi connectivity index (χ2n) is 6.68. The van der Waals surface area contributed by atoms with Gasteiger partial charge < -0.3 is 9.64 Å². The van der Waals surface area contributed by atoms with Crippen LogP contribution in [0.25, 0.3) is 0 Å². The number of ether oxygens (including phenoxy) is 1. The highest BCUT2D eigenvalue weighted by Crippen LogP contribution is 2.37. The molecule has 1 aliphatic rings. The predicted molar refractivity (Wildman–Crippen MR) is 105 cm³/mol. The van der Waals surface area contributed by atoms with Gasteiger partial charge in [-0.05, 0) is 44.5 Å². The van der Waals surface area contributed by atoms with Crippen molar-refractivity contribution >= 4 is 29.3 Å². The van der Waals surface area contributed by atoms with Gasteiger partial charge >= 0.3 is 5.97 Å². The maximum absolute atomic E-state index is 12.7. The predicted octanol–water partition coefficient (Wildman–Crippen LogP) is 4.38. The van der Waals surface area contributed by atoms with Gasteiger partial charge in [0, 0.05) is 16.7 Å². The average molecular weight is 369 g/mol. The highest BCUT2D eigenvalue weighted by molar-refractivity contribution is 8.00. The molecule has 0 fully saturated rings. The number of benzene rings is 2. The van der Waals surface area contributed by atoms with Crippen LogP contribution in [0.5, 0.6) is 0 Å². The molecule has 3 rings (SSSR count). The molecule has 2 aromatic rings. The molecule has 0 N–H and O–H groups in total. The molecule has 26 heavy (non-hydrogen) atoms. The molecule has 0 spiro atoms. The Bertz CT molecular complexity index is 814. The summed E-state index contributed by atoms with van der Waals surface area (Å²) in [4.78, 5) is 27.9. The monoisotopic (exact) mass is 369 g/mol. The van der Waals surface area contributed by atoms with E-state index in [1.807, 2.05) is 44.2 Å². The topological polar surface area (TPSA) is 46.6 Å². The molecule has 0 aliphatic carbocycles. The van der Waals surface area contributed by atoms with Crippen LogP contribution >= 0.6 is 11.8 Å². The van der Waals surface area contributed by atoms with E-state index in [9.17, 15) is 9.59 Å². The van der Waals surface area contributed by atoms with Gasteiger partial charge in [-0.2, -0.15) is 0 Å². The number of nitrogens with zero attached hydrogens (tertiary/aromatic N) is 1. The van der Waals surface area contributed by atoms with Gasteiger partial charge in [0.05, 0.1) is 11.3 Å². The third-order valence-corrected chi connectivity index (χ3v) is 5.57. The number of rotatable bonds is 3. The fraction of sp³-hybridized carbons (Fsp3) is 0.333. The van der Waals surface area contributed by atoms with Crippen LogP contribution in [0.1, 0.15) is 34.8 Å². The molecule has 1 atom stereocenters. The van der Waals surface area contributed by atoms with Crippen LogP contribution in [0, 0.1) is 13.8 Å². The Hall–Kier alpha value is -2.27. The smallest absolute Gasteiger partial charge is 0.338 e. The van der Waals surface area contributed by atoms with E-state index >= 15 is 0 Å². The average Bonchev–Trinajstić information content (AvgIpc) is 2.76. The van der Waals surface area contributed by atoms with Crippen LogP contribution in [-0.2, 0) is 9.53 Å². The van der Waals surface area contributed by atoms with E-state index in [1.54, 1.807) is 28.8 Å². The number of fused-ring (bicyclic) bond motifs is 1. The Morgan fingerprint density at radius 2 is 1.85 bits per heavy atom. The summed E-state index contributed by atoms with van der Waals surface area (Å²) in [7, 11) is 0. The van der Waals surface area contributed by atoms with Gasteiger partial charge in [-0.1, -0.05) is 36.2 Å². The number of amides is 1. The zero-order valence-electron chi connectivity index (χ0n) is 15.3. The maximum atomic E-state index is 12.7. The molecule has 1 aliphatic heterocycles. The van der Waals surface area contributed by atoms with Gasteiger partial charge in [0.1, 0.15) is 0 Å². The van der Waals surface area contributed by atoms with Crippen LogP contribution in [0.3, 0.4) is 0 Å². The lowest BCUT2D eigenvalue weighted by Gasteiger charge is -2.22. The Balaban J connectivity index is 1.71. The molecule has 0 aromatic heterocycles. The molecule has 0 bridgehead atoms. The van der Waals surface area contributed by atoms with Crippen LogP contribution in [0.2, 0.25) is 0 Å². The summed E-state index contributed by atoms with van der Waals surface area (Å²) in [6.45, 7) is 6.41. The fourth-order valence-corrected chi connectivity index (χ4v) is 4.24. The van der Waals surface area contributed by atoms with Gasteiger partial charge in [0.2, 0.25) is 0 Å². The largest absolute Gasteiger partial charge is 0.452 e. The first-order valence-corrected chi connectivity index (χ1v) is 9.63. The number of para-hydroxylation sites is 1. The molecular weight excluding hydrogens is 346 g/mol. The van der Waals surface area contributed by atoms with Crippen molar-refractivity contribution in [1.82, 2.24) is 0 Å². The molecule has 4 nitrogen and oxygen atoms in total. The van der Waals surface area contributed by atoms with Crippen LogP contribution in [-0.4, -0.2) is 30.3 Å². The summed E-state index contributed by atoms with van der Waals surface area (Å²) >= 11 is 1.78. The third-order valence-electron chi connectivity index (χ3n) is 4.33. The van der Waals surface area contributed by atoms with Crippen LogP contribution < -0.4 is 4.90 Å². The summed E-state index contributed by atoms with van der Waals surface area (Å²) in [6, 6.07) is 13.4. The first-order valence-electron chi connectivity index (χ1n) is 8.75. The molecular formula is C21H23NO3S. The number of esters is 1. The number of carbonyl (C=O) groups excluding carboxylic acids is 2. The lowest BCUT2D eigenvalue weighted by molar-refractivity contribution is -0.121. The molecule has 5 heteroatoms. The first kappa shape index (κ1) is 18.5. The van der Waals surface area contributed by atoms with Gasteiger partial charge in [0.25, 0.3) is 5.91 Å². The first-order chi connectivity index (χ1) is 12.4. The Morgan fingerprint density at radius 1 is 1.15 bits per heavy atom. The SMILES string of the molecule is Cc1cc(C)cc(C(=O)OCC(=O)N2CC[C@@H](C)Sc3ccccc32)c1. The molecule has 136 valence electrons. The number of thioether (sulfide) groups is 1. The summed E-state index contributed by atoms with van der Waals surface area (Å²) in [5.41, 5.74) is 3.37. The van der Waals surface area contributed by atoms with Gasteiger partial charge in [0.15, 0.2) is 6.61 Å². The molecule has 1 amide bonds. The van der Waals surface area contributed by atoms with Crippen molar-refractivity contribution in [3.63, 3.8) is 0 Å². The third kappa shape index (κ3) is 4.28. The second-order valence-corrected chi connectivity index (χ2v) is 8.16. The fourth-order valence-electron chi connectivity index (χ4n) is 3.13. The number of carbonyl (C=O) groups is 2. The highest BCUT2D eigenvalue weighted by atomic mass is 32.2. The van der Waals surface area contributed by atoms with E-state index in [1.165, 1.54) is 0 Å². The standard InChI is InChI=1S/C21H23NO3S/c1-14-10-15(2)12-17(11-14)21(24)25-13-20(23)22-9-8-16(3)26-19-7-5-4-6-18(19)22/h4-7,10-12,16H,8-9,13H2,1-3H3/t16-/m1/s1. The van der Waals surface area contributed by atoms with Crippen molar-refractivity contribution in [2.24, 2.45) is 0 Å². The normalized spacial score (nSPS) is 16.6. The molecule has 1 heterocycles. The van der Waals surface area contributed by atoms with Crippen molar-refractivity contribution in [1.29, 1.82) is 0 Å². The Morgan fingerprint density at radius 3 is 2.58 bits per heavy atom. The van der Waals surface area contributed by atoms with Gasteiger partial charge in [-0.25, -0.2) is 4.79 Å². The zero-order chi connectivity index (χ0) is 18.7. The number of aryl methyl sites for hydroxylation is 2. The molecule has 0 radical (unpaired) electrons. The summed E-state index contributed by atoms with van der Waals surface area (Å²) < 4.78 is 5.30. The van der Waals surface area contributed by atoms with Crippen LogP contribution in [0.4, 0.5) is 5.69 Å². The highest BCUT2D eigenvalue weighted by Gasteiger charge is 2.25. The van der Waals surface area contributed by atoms with Crippen LogP contribution in [0.15, 0.2) is 47.4 Å².